The minimum absolute atomic E-state index is 0.0293. The summed E-state index contributed by atoms with van der Waals surface area (Å²) in [5, 5.41) is 11.6. The van der Waals surface area contributed by atoms with Gasteiger partial charge in [0.1, 0.15) is 0 Å². The van der Waals surface area contributed by atoms with Crippen LogP contribution in [0.25, 0.3) is 0 Å². The van der Waals surface area contributed by atoms with Crippen molar-refractivity contribution < 1.29 is 9.90 Å². The number of benzene rings is 1. The number of aliphatic hydroxyl groups is 1. The lowest BCUT2D eigenvalue weighted by atomic mass is 9.84. The first-order valence-electron chi connectivity index (χ1n) is 6.03. The summed E-state index contributed by atoms with van der Waals surface area (Å²) in [4.78, 5) is 12.1. The molecule has 1 rings (SSSR count). The van der Waals surface area contributed by atoms with Crippen LogP contribution in [0.1, 0.15) is 32.3 Å². The lowest BCUT2D eigenvalue weighted by Crippen LogP contribution is -2.40. The maximum absolute atomic E-state index is 12.1. The van der Waals surface area contributed by atoms with Crippen LogP contribution in [0.15, 0.2) is 30.3 Å². The van der Waals surface area contributed by atoms with Gasteiger partial charge in [-0.3, -0.25) is 4.79 Å². The number of unbranched alkanes of at least 4 members (excludes halogenated alkanes) is 1. The molecule has 1 aromatic carbocycles. The average Bonchev–Trinajstić information content (AvgIpc) is 2.35. The van der Waals surface area contributed by atoms with Crippen molar-refractivity contribution >= 4 is 5.91 Å². The van der Waals surface area contributed by atoms with E-state index in [2.05, 4.69) is 5.32 Å². The van der Waals surface area contributed by atoms with Crippen molar-refractivity contribution in [3.05, 3.63) is 35.9 Å². The first kappa shape index (κ1) is 13.7. The highest BCUT2D eigenvalue weighted by Crippen LogP contribution is 2.22. The van der Waals surface area contributed by atoms with E-state index in [1.165, 1.54) is 0 Å². The van der Waals surface area contributed by atoms with Gasteiger partial charge < -0.3 is 10.4 Å². The van der Waals surface area contributed by atoms with Crippen LogP contribution in [0.2, 0.25) is 0 Å². The lowest BCUT2D eigenvalue weighted by Gasteiger charge is -2.24. The van der Waals surface area contributed by atoms with Crippen molar-refractivity contribution in [2.24, 2.45) is 0 Å². The summed E-state index contributed by atoms with van der Waals surface area (Å²) in [6, 6.07) is 9.76. The van der Waals surface area contributed by atoms with E-state index in [-0.39, 0.29) is 12.5 Å². The summed E-state index contributed by atoms with van der Waals surface area (Å²) in [6.45, 7) is 4.64. The second-order valence-corrected chi connectivity index (χ2v) is 4.68. The molecule has 0 saturated heterocycles. The summed E-state index contributed by atoms with van der Waals surface area (Å²) in [5.74, 6) is 0.0293. The quantitative estimate of drug-likeness (QED) is 0.739. The molecule has 0 heterocycles. The fourth-order valence-corrected chi connectivity index (χ4v) is 1.65. The number of amides is 1. The molecule has 17 heavy (non-hydrogen) atoms. The van der Waals surface area contributed by atoms with E-state index in [9.17, 15) is 4.79 Å². The Kier molecular flexibility index (Phi) is 5.16. The Labute approximate surface area is 103 Å². The molecule has 0 saturated carbocycles. The minimum atomic E-state index is -0.513. The molecule has 0 aliphatic rings. The molecule has 1 aromatic rings. The summed E-state index contributed by atoms with van der Waals surface area (Å²) in [5.41, 5.74) is 0.500. The predicted molar refractivity (Wildman–Crippen MR) is 68.8 cm³/mol. The molecular weight excluding hydrogens is 214 g/mol. The average molecular weight is 235 g/mol. The number of nitrogens with one attached hydrogen (secondary N) is 1. The molecule has 0 aliphatic heterocycles. The van der Waals surface area contributed by atoms with E-state index in [1.807, 2.05) is 44.2 Å². The van der Waals surface area contributed by atoms with Gasteiger partial charge in [-0.2, -0.15) is 0 Å². The molecule has 0 aliphatic carbocycles. The van der Waals surface area contributed by atoms with Crippen LogP contribution in [0.3, 0.4) is 0 Å². The Morgan fingerprint density at radius 3 is 2.47 bits per heavy atom. The van der Waals surface area contributed by atoms with E-state index in [0.29, 0.717) is 6.54 Å². The first-order chi connectivity index (χ1) is 8.09. The van der Waals surface area contributed by atoms with Crippen molar-refractivity contribution in [2.75, 3.05) is 13.2 Å². The van der Waals surface area contributed by atoms with Crippen molar-refractivity contribution in [3.63, 3.8) is 0 Å². The molecule has 2 N–H and O–H groups in total. The summed E-state index contributed by atoms with van der Waals surface area (Å²) < 4.78 is 0. The van der Waals surface area contributed by atoms with Gasteiger partial charge in [0.25, 0.3) is 0 Å². The highest BCUT2D eigenvalue weighted by molar-refractivity contribution is 5.87. The van der Waals surface area contributed by atoms with E-state index >= 15 is 0 Å². The van der Waals surface area contributed by atoms with Crippen LogP contribution < -0.4 is 5.32 Å². The van der Waals surface area contributed by atoms with Crippen LogP contribution in [0.5, 0.6) is 0 Å². The lowest BCUT2D eigenvalue weighted by molar-refractivity contribution is -0.125. The summed E-state index contributed by atoms with van der Waals surface area (Å²) in [7, 11) is 0. The molecule has 0 unspecified atom stereocenters. The van der Waals surface area contributed by atoms with Gasteiger partial charge in [0.15, 0.2) is 0 Å². The Balaban J connectivity index is 2.55. The standard InChI is InChI=1S/C14H21NO2/c1-14(2,12-8-4-3-5-9-12)13(17)15-10-6-7-11-16/h3-5,8-9,16H,6-7,10-11H2,1-2H3,(H,15,17). The maximum Gasteiger partial charge on any atom is 0.230 e. The normalized spacial score (nSPS) is 11.2. The molecule has 3 nitrogen and oxygen atoms in total. The zero-order valence-corrected chi connectivity index (χ0v) is 10.6. The van der Waals surface area contributed by atoms with Gasteiger partial charge in [0.05, 0.1) is 5.41 Å². The number of rotatable bonds is 6. The maximum atomic E-state index is 12.1. The fraction of sp³-hybridized carbons (Fsp3) is 0.500. The third-order valence-electron chi connectivity index (χ3n) is 2.93. The number of carbonyl (C=O) groups excluding carboxylic acids is 1. The van der Waals surface area contributed by atoms with Crippen molar-refractivity contribution in [3.8, 4) is 0 Å². The summed E-state index contributed by atoms with van der Waals surface area (Å²) >= 11 is 0. The molecule has 0 radical (unpaired) electrons. The van der Waals surface area contributed by atoms with Gasteiger partial charge in [-0.15, -0.1) is 0 Å². The molecule has 0 spiro atoms. The number of hydrogen-bond donors (Lipinski definition) is 2. The largest absolute Gasteiger partial charge is 0.396 e. The molecule has 0 aromatic heterocycles. The highest BCUT2D eigenvalue weighted by atomic mass is 16.2. The van der Waals surface area contributed by atoms with Gasteiger partial charge in [0, 0.05) is 13.2 Å². The second kappa shape index (κ2) is 6.40. The number of hydrogen-bond acceptors (Lipinski definition) is 2. The smallest absolute Gasteiger partial charge is 0.230 e. The topological polar surface area (TPSA) is 49.3 Å². The summed E-state index contributed by atoms with van der Waals surface area (Å²) in [6.07, 6.45) is 1.54. The van der Waals surface area contributed by atoms with Gasteiger partial charge >= 0.3 is 0 Å². The van der Waals surface area contributed by atoms with Crippen LogP contribution in [-0.4, -0.2) is 24.2 Å². The monoisotopic (exact) mass is 235 g/mol. The van der Waals surface area contributed by atoms with Gasteiger partial charge in [-0.25, -0.2) is 0 Å². The zero-order chi connectivity index (χ0) is 12.7. The van der Waals surface area contributed by atoms with E-state index < -0.39 is 5.41 Å². The van der Waals surface area contributed by atoms with E-state index in [0.717, 1.165) is 18.4 Å². The number of aliphatic hydroxyl groups excluding tert-OH is 1. The molecule has 94 valence electrons. The molecule has 0 fully saturated rings. The van der Waals surface area contributed by atoms with Gasteiger partial charge in [-0.05, 0) is 32.3 Å². The Morgan fingerprint density at radius 2 is 1.88 bits per heavy atom. The minimum Gasteiger partial charge on any atom is -0.396 e. The van der Waals surface area contributed by atoms with Crippen LogP contribution >= 0.6 is 0 Å². The van der Waals surface area contributed by atoms with Crippen molar-refractivity contribution in [2.45, 2.75) is 32.1 Å². The SMILES string of the molecule is CC(C)(C(=O)NCCCCO)c1ccccc1. The van der Waals surface area contributed by atoms with Crippen LogP contribution in [0, 0.1) is 0 Å². The molecule has 0 bridgehead atoms. The Morgan fingerprint density at radius 1 is 1.24 bits per heavy atom. The second-order valence-electron chi connectivity index (χ2n) is 4.68. The molecule has 1 amide bonds. The predicted octanol–water partition coefficient (Wildman–Crippen LogP) is 1.85. The molecular formula is C14H21NO2. The van der Waals surface area contributed by atoms with Gasteiger partial charge in [0.2, 0.25) is 5.91 Å². The van der Waals surface area contributed by atoms with Gasteiger partial charge in [-0.1, -0.05) is 30.3 Å². The Hall–Kier alpha value is -1.35. The van der Waals surface area contributed by atoms with Crippen molar-refractivity contribution in [1.82, 2.24) is 5.32 Å². The first-order valence-corrected chi connectivity index (χ1v) is 6.03. The molecule has 0 atom stereocenters. The third kappa shape index (κ3) is 3.86. The van der Waals surface area contributed by atoms with Crippen LogP contribution in [0.4, 0.5) is 0 Å². The van der Waals surface area contributed by atoms with E-state index in [1.54, 1.807) is 0 Å². The molecule has 3 heteroatoms. The van der Waals surface area contributed by atoms with Crippen molar-refractivity contribution in [1.29, 1.82) is 0 Å². The fourth-order valence-electron chi connectivity index (χ4n) is 1.65. The zero-order valence-electron chi connectivity index (χ0n) is 10.6. The highest BCUT2D eigenvalue weighted by Gasteiger charge is 2.28. The number of carbonyl (C=O) groups is 1. The van der Waals surface area contributed by atoms with Crippen LogP contribution in [-0.2, 0) is 10.2 Å². The third-order valence-corrected chi connectivity index (χ3v) is 2.93. The van der Waals surface area contributed by atoms with E-state index in [4.69, 9.17) is 5.11 Å². The Bertz CT molecular complexity index is 346.